The molecule has 0 bridgehead atoms. The van der Waals surface area contributed by atoms with E-state index in [4.69, 9.17) is 0 Å². The van der Waals surface area contributed by atoms with Crippen molar-refractivity contribution < 1.29 is 0 Å². The van der Waals surface area contributed by atoms with Gasteiger partial charge in [0.05, 0.1) is 5.69 Å². The summed E-state index contributed by atoms with van der Waals surface area (Å²) in [5.41, 5.74) is 3.97. The van der Waals surface area contributed by atoms with Crippen LogP contribution in [-0.2, 0) is 13.5 Å². The van der Waals surface area contributed by atoms with Crippen LogP contribution in [0.4, 0.5) is 0 Å². The second-order valence-electron chi connectivity index (χ2n) is 5.60. The molecule has 1 unspecified atom stereocenters. The molecular formula is C16H31N3. The predicted octanol–water partition coefficient (Wildman–Crippen LogP) is 3.53. The monoisotopic (exact) mass is 265 g/mol. The van der Waals surface area contributed by atoms with Gasteiger partial charge in [-0.05, 0) is 51.6 Å². The van der Waals surface area contributed by atoms with Crippen LogP contribution in [0, 0.1) is 13.8 Å². The van der Waals surface area contributed by atoms with Crippen LogP contribution in [0.5, 0.6) is 0 Å². The zero-order valence-electron chi connectivity index (χ0n) is 13.4. The minimum Gasteiger partial charge on any atom is -0.314 e. The molecule has 0 aliphatic heterocycles. The van der Waals surface area contributed by atoms with E-state index in [1.54, 1.807) is 0 Å². The first-order chi connectivity index (χ1) is 9.10. The Morgan fingerprint density at radius 2 is 1.89 bits per heavy atom. The Labute approximate surface area is 118 Å². The van der Waals surface area contributed by atoms with Crippen molar-refractivity contribution in [3.8, 4) is 0 Å². The van der Waals surface area contributed by atoms with Gasteiger partial charge in [-0.15, -0.1) is 0 Å². The number of nitrogens with zero attached hydrogens (tertiary/aromatic N) is 2. The molecule has 1 aromatic rings. The highest BCUT2D eigenvalue weighted by atomic mass is 15.3. The van der Waals surface area contributed by atoms with Gasteiger partial charge in [0, 0.05) is 18.8 Å². The highest BCUT2D eigenvalue weighted by Crippen LogP contribution is 2.16. The molecule has 0 aliphatic carbocycles. The summed E-state index contributed by atoms with van der Waals surface area (Å²) in [6, 6.07) is 0.666. The zero-order valence-corrected chi connectivity index (χ0v) is 13.4. The Morgan fingerprint density at radius 1 is 1.16 bits per heavy atom. The number of aromatic nitrogens is 2. The van der Waals surface area contributed by atoms with Gasteiger partial charge < -0.3 is 5.32 Å². The summed E-state index contributed by atoms with van der Waals surface area (Å²) in [5, 5.41) is 8.20. The average Bonchev–Trinajstić information content (AvgIpc) is 2.63. The second-order valence-corrected chi connectivity index (χ2v) is 5.60. The van der Waals surface area contributed by atoms with Crippen LogP contribution < -0.4 is 5.32 Å². The molecule has 0 spiro atoms. The number of rotatable bonds is 9. The van der Waals surface area contributed by atoms with Crippen molar-refractivity contribution in [1.29, 1.82) is 0 Å². The van der Waals surface area contributed by atoms with Gasteiger partial charge in [0.25, 0.3) is 0 Å². The average molecular weight is 265 g/mol. The number of hydrogen-bond acceptors (Lipinski definition) is 2. The van der Waals surface area contributed by atoms with Gasteiger partial charge in [-0.1, -0.05) is 26.7 Å². The van der Waals surface area contributed by atoms with E-state index in [2.05, 4.69) is 38.1 Å². The summed E-state index contributed by atoms with van der Waals surface area (Å²) in [5.74, 6) is 0. The summed E-state index contributed by atoms with van der Waals surface area (Å²) in [4.78, 5) is 0. The fourth-order valence-electron chi connectivity index (χ4n) is 2.65. The van der Waals surface area contributed by atoms with Crippen LogP contribution in [0.25, 0.3) is 0 Å². The molecule has 0 amide bonds. The van der Waals surface area contributed by atoms with E-state index in [-0.39, 0.29) is 0 Å². The second kappa shape index (κ2) is 8.36. The Morgan fingerprint density at radius 3 is 2.42 bits per heavy atom. The quantitative estimate of drug-likeness (QED) is 0.740. The van der Waals surface area contributed by atoms with E-state index in [0.29, 0.717) is 6.04 Å². The van der Waals surface area contributed by atoms with Crippen molar-refractivity contribution in [2.24, 2.45) is 7.05 Å². The van der Waals surface area contributed by atoms with Gasteiger partial charge in [0.15, 0.2) is 0 Å². The summed E-state index contributed by atoms with van der Waals surface area (Å²) in [6.07, 6.45) is 7.51. The molecule has 1 heterocycles. The molecule has 0 fully saturated rings. The molecular weight excluding hydrogens is 234 g/mol. The molecule has 1 N–H and O–H groups in total. The van der Waals surface area contributed by atoms with Gasteiger partial charge in [-0.3, -0.25) is 4.68 Å². The molecule has 0 aromatic carbocycles. The van der Waals surface area contributed by atoms with Crippen LogP contribution in [0.1, 0.15) is 62.9 Å². The van der Waals surface area contributed by atoms with Gasteiger partial charge in [-0.2, -0.15) is 5.10 Å². The lowest BCUT2D eigenvalue weighted by atomic mass is 10.00. The molecule has 19 heavy (non-hydrogen) atoms. The lowest BCUT2D eigenvalue weighted by molar-refractivity contribution is 0.439. The maximum absolute atomic E-state index is 4.51. The first-order valence-electron chi connectivity index (χ1n) is 7.82. The SMILES string of the molecule is CCCCC(CCc1c(C)nn(C)c1C)NCCC. The Kier molecular flexibility index (Phi) is 7.14. The molecule has 0 aliphatic rings. The Balaban J connectivity index is 2.54. The molecule has 0 saturated heterocycles. The minimum atomic E-state index is 0.666. The number of unbranched alkanes of at least 4 members (excludes halogenated alkanes) is 1. The van der Waals surface area contributed by atoms with E-state index >= 15 is 0 Å². The van der Waals surface area contributed by atoms with Gasteiger partial charge in [-0.25, -0.2) is 0 Å². The molecule has 3 nitrogen and oxygen atoms in total. The van der Waals surface area contributed by atoms with Crippen molar-refractivity contribution in [2.45, 2.75) is 72.3 Å². The lowest BCUT2D eigenvalue weighted by Gasteiger charge is -2.18. The third-order valence-corrected chi connectivity index (χ3v) is 3.99. The highest BCUT2D eigenvalue weighted by molar-refractivity contribution is 5.24. The van der Waals surface area contributed by atoms with Crippen molar-refractivity contribution in [2.75, 3.05) is 6.54 Å². The first kappa shape index (κ1) is 16.2. The van der Waals surface area contributed by atoms with E-state index < -0.39 is 0 Å². The van der Waals surface area contributed by atoms with Crippen LogP contribution in [0.15, 0.2) is 0 Å². The van der Waals surface area contributed by atoms with E-state index in [9.17, 15) is 0 Å². The van der Waals surface area contributed by atoms with Gasteiger partial charge in [0.2, 0.25) is 0 Å². The maximum atomic E-state index is 4.51. The fraction of sp³-hybridized carbons (Fsp3) is 0.812. The summed E-state index contributed by atoms with van der Waals surface area (Å²) < 4.78 is 2.01. The van der Waals surface area contributed by atoms with E-state index in [0.717, 1.165) is 13.0 Å². The molecule has 0 radical (unpaired) electrons. The minimum absolute atomic E-state index is 0.666. The molecule has 1 atom stereocenters. The third kappa shape index (κ3) is 4.98. The van der Waals surface area contributed by atoms with Crippen molar-refractivity contribution in [3.63, 3.8) is 0 Å². The summed E-state index contributed by atoms with van der Waals surface area (Å²) in [6.45, 7) is 9.95. The smallest absolute Gasteiger partial charge is 0.0628 e. The standard InChI is InChI=1S/C16H31N3/c1-6-8-9-15(17-12-7-2)10-11-16-13(3)18-19(5)14(16)4/h15,17H,6-12H2,1-5H3. The predicted molar refractivity (Wildman–Crippen MR) is 82.6 cm³/mol. The Hall–Kier alpha value is -0.830. The zero-order chi connectivity index (χ0) is 14.3. The van der Waals surface area contributed by atoms with Crippen LogP contribution >= 0.6 is 0 Å². The molecule has 1 rings (SSSR count). The van der Waals surface area contributed by atoms with Gasteiger partial charge >= 0.3 is 0 Å². The molecule has 110 valence electrons. The first-order valence-corrected chi connectivity index (χ1v) is 7.82. The van der Waals surface area contributed by atoms with Gasteiger partial charge in [0.1, 0.15) is 0 Å². The van der Waals surface area contributed by atoms with Crippen LogP contribution in [0.3, 0.4) is 0 Å². The van der Waals surface area contributed by atoms with Crippen molar-refractivity contribution >= 4 is 0 Å². The summed E-state index contributed by atoms with van der Waals surface area (Å²) in [7, 11) is 2.04. The summed E-state index contributed by atoms with van der Waals surface area (Å²) >= 11 is 0. The van der Waals surface area contributed by atoms with Crippen molar-refractivity contribution in [1.82, 2.24) is 15.1 Å². The normalized spacial score (nSPS) is 12.9. The van der Waals surface area contributed by atoms with Crippen LogP contribution in [0.2, 0.25) is 0 Å². The highest BCUT2D eigenvalue weighted by Gasteiger charge is 2.12. The van der Waals surface area contributed by atoms with E-state index in [1.165, 1.54) is 49.1 Å². The molecule has 0 saturated carbocycles. The largest absolute Gasteiger partial charge is 0.314 e. The van der Waals surface area contributed by atoms with Crippen molar-refractivity contribution in [3.05, 3.63) is 17.0 Å². The fourth-order valence-corrected chi connectivity index (χ4v) is 2.65. The lowest BCUT2D eigenvalue weighted by Crippen LogP contribution is -2.30. The third-order valence-electron chi connectivity index (χ3n) is 3.99. The van der Waals surface area contributed by atoms with E-state index in [1.807, 2.05) is 11.7 Å². The Bertz CT molecular complexity index is 360. The molecule has 3 heteroatoms. The molecule has 1 aromatic heterocycles. The topological polar surface area (TPSA) is 29.9 Å². The number of hydrogen-bond donors (Lipinski definition) is 1. The number of aryl methyl sites for hydroxylation is 2. The maximum Gasteiger partial charge on any atom is 0.0628 e. The number of nitrogens with one attached hydrogen (secondary N) is 1. The van der Waals surface area contributed by atoms with Crippen LogP contribution in [-0.4, -0.2) is 22.4 Å².